The zero-order chi connectivity index (χ0) is 9.35. The van der Waals surface area contributed by atoms with Crippen LogP contribution in [0.25, 0.3) is 0 Å². The summed E-state index contributed by atoms with van der Waals surface area (Å²) in [6, 6.07) is 1.36. The number of rotatable bonds is 1. The van der Waals surface area contributed by atoms with E-state index in [1.807, 2.05) is 0 Å². The monoisotopic (exact) mass is 172 g/mol. The molecule has 0 aliphatic carbocycles. The first-order chi connectivity index (χ1) is 5.41. The normalized spacial score (nSPS) is 11.8. The maximum absolute atomic E-state index is 12.8. The SMILES string of the molecule is Cc1cc(C(C)(F)F)c(C)nn1. The van der Waals surface area contributed by atoms with Gasteiger partial charge in [-0.3, -0.25) is 0 Å². The summed E-state index contributed by atoms with van der Waals surface area (Å²) in [5.41, 5.74) is 0.750. The first-order valence-electron chi connectivity index (χ1n) is 3.60. The smallest absolute Gasteiger partial charge is 0.202 e. The molecule has 0 bridgehead atoms. The molecule has 0 atom stereocenters. The molecule has 0 amide bonds. The predicted octanol–water partition coefficient (Wildman–Crippen LogP) is 2.21. The van der Waals surface area contributed by atoms with Gasteiger partial charge in [-0.05, 0) is 19.9 Å². The third kappa shape index (κ3) is 1.75. The minimum atomic E-state index is -2.83. The molecule has 0 radical (unpaired) electrons. The average molecular weight is 172 g/mol. The van der Waals surface area contributed by atoms with Gasteiger partial charge in [0.1, 0.15) is 0 Å². The standard InChI is InChI=1S/C8H10F2N2/c1-5-4-7(8(3,9)10)6(2)12-11-5/h4H,1-3H3. The molecule has 0 saturated heterocycles. The fraction of sp³-hybridized carbons (Fsp3) is 0.500. The Morgan fingerprint density at radius 2 is 1.83 bits per heavy atom. The maximum atomic E-state index is 12.8. The molecule has 12 heavy (non-hydrogen) atoms. The lowest BCUT2D eigenvalue weighted by molar-refractivity contribution is 0.0161. The maximum Gasteiger partial charge on any atom is 0.272 e. The van der Waals surface area contributed by atoms with E-state index >= 15 is 0 Å². The minimum Gasteiger partial charge on any atom is -0.202 e. The molecule has 1 aromatic rings. The second kappa shape index (κ2) is 2.77. The third-order valence-electron chi connectivity index (χ3n) is 1.57. The Labute approximate surface area is 69.6 Å². The number of hydrogen-bond donors (Lipinski definition) is 0. The molecule has 0 aliphatic rings. The number of aromatic nitrogens is 2. The summed E-state index contributed by atoms with van der Waals surface area (Å²) in [7, 11) is 0. The Morgan fingerprint density at radius 1 is 1.25 bits per heavy atom. The third-order valence-corrected chi connectivity index (χ3v) is 1.57. The fourth-order valence-corrected chi connectivity index (χ4v) is 0.994. The summed E-state index contributed by atoms with van der Waals surface area (Å²) < 4.78 is 25.7. The van der Waals surface area contributed by atoms with E-state index in [4.69, 9.17) is 0 Å². The Bertz CT molecular complexity index is 292. The van der Waals surface area contributed by atoms with Crippen molar-refractivity contribution in [2.75, 3.05) is 0 Å². The summed E-state index contributed by atoms with van der Waals surface area (Å²) in [5.74, 6) is -2.83. The van der Waals surface area contributed by atoms with Gasteiger partial charge in [-0.15, -0.1) is 0 Å². The first-order valence-corrected chi connectivity index (χ1v) is 3.60. The van der Waals surface area contributed by atoms with Gasteiger partial charge in [0.15, 0.2) is 0 Å². The minimum absolute atomic E-state index is 0.0463. The lowest BCUT2D eigenvalue weighted by atomic mass is 10.1. The van der Waals surface area contributed by atoms with Gasteiger partial charge in [-0.1, -0.05) is 0 Å². The Balaban J connectivity index is 3.23. The van der Waals surface area contributed by atoms with Crippen LogP contribution in [-0.2, 0) is 5.92 Å². The molecule has 66 valence electrons. The van der Waals surface area contributed by atoms with E-state index in [1.54, 1.807) is 6.92 Å². The van der Waals surface area contributed by atoms with E-state index in [0.717, 1.165) is 6.92 Å². The number of hydrogen-bond acceptors (Lipinski definition) is 2. The van der Waals surface area contributed by atoms with Gasteiger partial charge in [0, 0.05) is 12.5 Å². The van der Waals surface area contributed by atoms with Gasteiger partial charge in [-0.25, -0.2) is 8.78 Å². The summed E-state index contributed by atoms with van der Waals surface area (Å²) in [6.45, 7) is 4.03. The fourth-order valence-electron chi connectivity index (χ4n) is 0.994. The van der Waals surface area contributed by atoms with Gasteiger partial charge >= 0.3 is 0 Å². The van der Waals surface area contributed by atoms with Crippen LogP contribution in [0.1, 0.15) is 23.9 Å². The van der Waals surface area contributed by atoms with Gasteiger partial charge in [0.2, 0.25) is 0 Å². The average Bonchev–Trinajstić information content (AvgIpc) is 1.92. The van der Waals surface area contributed by atoms with Crippen LogP contribution >= 0.6 is 0 Å². The zero-order valence-electron chi connectivity index (χ0n) is 7.23. The van der Waals surface area contributed by atoms with Crippen LogP contribution in [0, 0.1) is 13.8 Å². The molecular formula is C8H10F2N2. The highest BCUT2D eigenvalue weighted by Gasteiger charge is 2.27. The van der Waals surface area contributed by atoms with Crippen LogP contribution in [0.2, 0.25) is 0 Å². The molecule has 0 fully saturated rings. The molecule has 2 nitrogen and oxygen atoms in total. The lowest BCUT2D eigenvalue weighted by Gasteiger charge is -2.12. The topological polar surface area (TPSA) is 25.8 Å². The first kappa shape index (κ1) is 9.03. The van der Waals surface area contributed by atoms with Crippen molar-refractivity contribution in [3.63, 3.8) is 0 Å². The van der Waals surface area contributed by atoms with Crippen molar-refractivity contribution in [1.82, 2.24) is 10.2 Å². The van der Waals surface area contributed by atoms with Crippen molar-refractivity contribution >= 4 is 0 Å². The summed E-state index contributed by atoms with van der Waals surface area (Å²) >= 11 is 0. The van der Waals surface area contributed by atoms with E-state index in [2.05, 4.69) is 10.2 Å². The molecule has 0 saturated carbocycles. The van der Waals surface area contributed by atoms with Crippen molar-refractivity contribution in [2.45, 2.75) is 26.7 Å². The van der Waals surface area contributed by atoms with Crippen molar-refractivity contribution in [2.24, 2.45) is 0 Å². The van der Waals surface area contributed by atoms with E-state index in [1.165, 1.54) is 13.0 Å². The van der Waals surface area contributed by atoms with Gasteiger partial charge < -0.3 is 0 Å². The molecule has 0 unspecified atom stereocenters. The Kier molecular flexibility index (Phi) is 2.08. The Hall–Kier alpha value is -1.06. The molecule has 1 heterocycles. The van der Waals surface area contributed by atoms with Crippen LogP contribution in [0.5, 0.6) is 0 Å². The molecule has 1 aromatic heterocycles. The molecule has 4 heteroatoms. The highest BCUT2D eigenvalue weighted by atomic mass is 19.3. The number of halogens is 2. The number of alkyl halides is 2. The highest BCUT2D eigenvalue weighted by molar-refractivity contribution is 5.23. The summed E-state index contributed by atoms with van der Waals surface area (Å²) in [4.78, 5) is 0. The van der Waals surface area contributed by atoms with Gasteiger partial charge in [0.05, 0.1) is 11.4 Å². The molecule has 0 aromatic carbocycles. The van der Waals surface area contributed by atoms with Crippen molar-refractivity contribution in [3.8, 4) is 0 Å². The summed E-state index contributed by atoms with van der Waals surface area (Å²) in [6.07, 6.45) is 0. The van der Waals surface area contributed by atoms with E-state index in [9.17, 15) is 8.78 Å². The highest BCUT2D eigenvalue weighted by Crippen LogP contribution is 2.28. The van der Waals surface area contributed by atoms with E-state index in [-0.39, 0.29) is 11.3 Å². The molecule has 0 spiro atoms. The van der Waals surface area contributed by atoms with Gasteiger partial charge in [0.25, 0.3) is 5.92 Å². The number of nitrogens with zero attached hydrogens (tertiary/aromatic N) is 2. The largest absolute Gasteiger partial charge is 0.272 e. The quantitative estimate of drug-likeness (QED) is 0.649. The van der Waals surface area contributed by atoms with Crippen molar-refractivity contribution < 1.29 is 8.78 Å². The zero-order valence-corrected chi connectivity index (χ0v) is 7.23. The van der Waals surface area contributed by atoms with Crippen molar-refractivity contribution in [1.29, 1.82) is 0 Å². The Morgan fingerprint density at radius 3 is 2.25 bits per heavy atom. The summed E-state index contributed by atoms with van der Waals surface area (Å²) in [5, 5.41) is 7.28. The van der Waals surface area contributed by atoms with Crippen LogP contribution in [0.4, 0.5) is 8.78 Å². The van der Waals surface area contributed by atoms with Gasteiger partial charge in [-0.2, -0.15) is 10.2 Å². The lowest BCUT2D eigenvalue weighted by Crippen LogP contribution is -2.11. The molecular weight excluding hydrogens is 162 g/mol. The van der Waals surface area contributed by atoms with Crippen molar-refractivity contribution in [3.05, 3.63) is 23.0 Å². The van der Waals surface area contributed by atoms with Crippen LogP contribution in [0.3, 0.4) is 0 Å². The van der Waals surface area contributed by atoms with E-state index < -0.39 is 5.92 Å². The van der Waals surface area contributed by atoms with Crippen LogP contribution in [0.15, 0.2) is 6.07 Å². The molecule has 1 rings (SSSR count). The predicted molar refractivity (Wildman–Crippen MR) is 41.1 cm³/mol. The second-order valence-electron chi connectivity index (χ2n) is 2.87. The molecule has 0 aliphatic heterocycles. The number of aryl methyl sites for hydroxylation is 2. The van der Waals surface area contributed by atoms with E-state index in [0.29, 0.717) is 5.69 Å². The van der Waals surface area contributed by atoms with Crippen LogP contribution in [-0.4, -0.2) is 10.2 Å². The molecule has 0 N–H and O–H groups in total. The van der Waals surface area contributed by atoms with Crippen LogP contribution < -0.4 is 0 Å². The second-order valence-corrected chi connectivity index (χ2v) is 2.87.